The van der Waals surface area contributed by atoms with Crippen molar-refractivity contribution in [3.8, 4) is 11.1 Å². The standard InChI is InChI=1S/C15H14N2/c16-10-12-4-6-13(7-5-12)14-9-15-3-1-2-8-17(15)11-14/h1-9,11H,10,16H2. The van der Waals surface area contributed by atoms with Gasteiger partial charge in [0.25, 0.3) is 0 Å². The zero-order valence-electron chi connectivity index (χ0n) is 9.51. The second-order valence-electron chi connectivity index (χ2n) is 4.16. The van der Waals surface area contributed by atoms with Gasteiger partial charge in [0.15, 0.2) is 0 Å². The molecule has 0 aliphatic rings. The molecule has 2 heteroatoms. The van der Waals surface area contributed by atoms with Gasteiger partial charge in [0.1, 0.15) is 0 Å². The van der Waals surface area contributed by atoms with Crippen LogP contribution in [0.15, 0.2) is 60.9 Å². The molecule has 0 saturated heterocycles. The van der Waals surface area contributed by atoms with Crippen LogP contribution in [0.2, 0.25) is 0 Å². The van der Waals surface area contributed by atoms with Crippen LogP contribution in [0, 0.1) is 0 Å². The maximum Gasteiger partial charge on any atom is 0.0456 e. The highest BCUT2D eigenvalue weighted by Crippen LogP contribution is 2.22. The Hall–Kier alpha value is -2.06. The molecule has 2 heterocycles. The molecule has 84 valence electrons. The average molecular weight is 222 g/mol. The number of nitrogens with zero attached hydrogens (tertiary/aromatic N) is 1. The number of hydrogen-bond donors (Lipinski definition) is 1. The van der Waals surface area contributed by atoms with Gasteiger partial charge >= 0.3 is 0 Å². The molecular formula is C15H14N2. The van der Waals surface area contributed by atoms with Crippen LogP contribution in [0.5, 0.6) is 0 Å². The summed E-state index contributed by atoms with van der Waals surface area (Å²) in [6, 6.07) is 16.8. The Labute approximate surface area is 100 Å². The number of nitrogens with two attached hydrogens (primary N) is 1. The highest BCUT2D eigenvalue weighted by atomic mass is 14.8. The van der Waals surface area contributed by atoms with Crippen LogP contribution in [0.4, 0.5) is 0 Å². The lowest BCUT2D eigenvalue weighted by atomic mass is 10.1. The Kier molecular flexibility index (Phi) is 2.42. The quantitative estimate of drug-likeness (QED) is 0.709. The van der Waals surface area contributed by atoms with Gasteiger partial charge in [-0.05, 0) is 29.3 Å². The monoisotopic (exact) mass is 222 g/mol. The van der Waals surface area contributed by atoms with E-state index < -0.39 is 0 Å². The normalized spacial score (nSPS) is 10.9. The van der Waals surface area contributed by atoms with Gasteiger partial charge in [0, 0.05) is 30.0 Å². The molecular weight excluding hydrogens is 208 g/mol. The molecule has 0 aliphatic carbocycles. The third-order valence-corrected chi connectivity index (χ3v) is 3.03. The summed E-state index contributed by atoms with van der Waals surface area (Å²) >= 11 is 0. The zero-order chi connectivity index (χ0) is 11.7. The van der Waals surface area contributed by atoms with E-state index in [4.69, 9.17) is 5.73 Å². The first-order valence-electron chi connectivity index (χ1n) is 5.73. The maximum atomic E-state index is 5.60. The summed E-state index contributed by atoms with van der Waals surface area (Å²) in [7, 11) is 0. The van der Waals surface area contributed by atoms with Crippen LogP contribution >= 0.6 is 0 Å². The Morgan fingerprint density at radius 3 is 2.47 bits per heavy atom. The molecule has 3 rings (SSSR count). The Morgan fingerprint density at radius 1 is 0.941 bits per heavy atom. The van der Waals surface area contributed by atoms with Crippen molar-refractivity contribution in [2.75, 3.05) is 0 Å². The summed E-state index contributed by atoms with van der Waals surface area (Å²) in [6.07, 6.45) is 4.21. The van der Waals surface area contributed by atoms with Gasteiger partial charge in [-0.15, -0.1) is 0 Å². The number of pyridine rings is 1. The van der Waals surface area contributed by atoms with E-state index in [0.717, 1.165) is 5.56 Å². The van der Waals surface area contributed by atoms with E-state index in [1.54, 1.807) is 0 Å². The molecule has 0 fully saturated rings. The Balaban J connectivity index is 2.07. The van der Waals surface area contributed by atoms with Gasteiger partial charge in [-0.2, -0.15) is 0 Å². The van der Waals surface area contributed by atoms with Crippen molar-refractivity contribution >= 4 is 5.52 Å². The number of benzene rings is 1. The van der Waals surface area contributed by atoms with Crippen LogP contribution < -0.4 is 5.73 Å². The molecule has 2 nitrogen and oxygen atoms in total. The second-order valence-corrected chi connectivity index (χ2v) is 4.16. The van der Waals surface area contributed by atoms with Gasteiger partial charge in [-0.1, -0.05) is 30.3 Å². The van der Waals surface area contributed by atoms with E-state index >= 15 is 0 Å². The van der Waals surface area contributed by atoms with Crippen LogP contribution in [0.3, 0.4) is 0 Å². The van der Waals surface area contributed by atoms with Crippen molar-refractivity contribution in [1.29, 1.82) is 0 Å². The van der Waals surface area contributed by atoms with Gasteiger partial charge < -0.3 is 10.1 Å². The minimum absolute atomic E-state index is 0.595. The lowest BCUT2D eigenvalue weighted by molar-refractivity contribution is 1.07. The van der Waals surface area contributed by atoms with Gasteiger partial charge in [-0.25, -0.2) is 0 Å². The van der Waals surface area contributed by atoms with E-state index in [2.05, 4.69) is 59.3 Å². The lowest BCUT2D eigenvalue weighted by Gasteiger charge is -1.99. The molecule has 0 aliphatic heterocycles. The van der Waals surface area contributed by atoms with E-state index in [0.29, 0.717) is 6.54 Å². The Morgan fingerprint density at radius 2 is 1.76 bits per heavy atom. The Bertz CT molecular complexity index is 602. The third-order valence-electron chi connectivity index (χ3n) is 3.03. The van der Waals surface area contributed by atoms with E-state index in [-0.39, 0.29) is 0 Å². The molecule has 0 bridgehead atoms. The number of rotatable bonds is 2. The molecule has 2 N–H and O–H groups in total. The highest BCUT2D eigenvalue weighted by Gasteiger charge is 2.01. The van der Waals surface area contributed by atoms with Crippen LogP contribution in [-0.4, -0.2) is 4.40 Å². The maximum absolute atomic E-state index is 5.60. The van der Waals surface area contributed by atoms with Crippen molar-refractivity contribution in [3.63, 3.8) is 0 Å². The molecule has 0 saturated carbocycles. The first kappa shape index (κ1) is 10.1. The van der Waals surface area contributed by atoms with E-state index in [1.807, 2.05) is 6.07 Å². The SMILES string of the molecule is NCc1ccc(-c2cc3ccccn3c2)cc1. The molecule has 3 aromatic rings. The number of aromatic nitrogens is 1. The van der Waals surface area contributed by atoms with E-state index in [1.165, 1.54) is 16.6 Å². The van der Waals surface area contributed by atoms with Gasteiger partial charge in [-0.3, -0.25) is 0 Å². The van der Waals surface area contributed by atoms with Gasteiger partial charge in [0.2, 0.25) is 0 Å². The summed E-state index contributed by atoms with van der Waals surface area (Å²) < 4.78 is 2.13. The van der Waals surface area contributed by atoms with Crippen molar-refractivity contribution in [1.82, 2.24) is 4.40 Å². The third kappa shape index (κ3) is 1.83. The van der Waals surface area contributed by atoms with Crippen molar-refractivity contribution in [2.45, 2.75) is 6.54 Å². The molecule has 0 radical (unpaired) electrons. The molecule has 0 amide bonds. The van der Waals surface area contributed by atoms with Gasteiger partial charge in [0.05, 0.1) is 0 Å². The van der Waals surface area contributed by atoms with Crippen LogP contribution in [0.1, 0.15) is 5.56 Å². The largest absolute Gasteiger partial charge is 0.326 e. The topological polar surface area (TPSA) is 30.4 Å². The van der Waals surface area contributed by atoms with Crippen molar-refractivity contribution < 1.29 is 0 Å². The van der Waals surface area contributed by atoms with Crippen LogP contribution in [0.25, 0.3) is 16.6 Å². The first-order chi connectivity index (χ1) is 8.36. The smallest absolute Gasteiger partial charge is 0.0456 e. The second kappa shape index (κ2) is 4.07. The summed E-state index contributed by atoms with van der Waals surface area (Å²) in [5, 5.41) is 0. The molecule has 2 aromatic heterocycles. The predicted molar refractivity (Wildman–Crippen MR) is 70.7 cm³/mol. The molecule has 0 spiro atoms. The van der Waals surface area contributed by atoms with Crippen LogP contribution in [-0.2, 0) is 6.54 Å². The summed E-state index contributed by atoms with van der Waals surface area (Å²) in [5.41, 5.74) is 10.4. The molecule has 1 aromatic carbocycles. The lowest BCUT2D eigenvalue weighted by Crippen LogP contribution is -1.94. The minimum Gasteiger partial charge on any atom is -0.326 e. The number of fused-ring (bicyclic) bond motifs is 1. The fourth-order valence-corrected chi connectivity index (χ4v) is 2.05. The molecule has 0 atom stereocenters. The number of hydrogen-bond acceptors (Lipinski definition) is 1. The minimum atomic E-state index is 0.595. The summed E-state index contributed by atoms with van der Waals surface area (Å²) in [6.45, 7) is 0.595. The molecule has 17 heavy (non-hydrogen) atoms. The van der Waals surface area contributed by atoms with Crippen molar-refractivity contribution in [2.24, 2.45) is 5.73 Å². The molecule has 0 unspecified atom stereocenters. The summed E-state index contributed by atoms with van der Waals surface area (Å²) in [4.78, 5) is 0. The average Bonchev–Trinajstić information content (AvgIpc) is 2.82. The fraction of sp³-hybridized carbons (Fsp3) is 0.0667. The zero-order valence-corrected chi connectivity index (χ0v) is 9.51. The fourth-order valence-electron chi connectivity index (χ4n) is 2.05. The highest BCUT2D eigenvalue weighted by molar-refractivity contribution is 5.70. The predicted octanol–water partition coefficient (Wildman–Crippen LogP) is 3.07. The van der Waals surface area contributed by atoms with Crippen molar-refractivity contribution in [3.05, 3.63) is 66.5 Å². The van der Waals surface area contributed by atoms with E-state index in [9.17, 15) is 0 Å². The summed E-state index contributed by atoms with van der Waals surface area (Å²) in [5.74, 6) is 0. The first-order valence-corrected chi connectivity index (χ1v) is 5.73.